The molecule has 0 unspecified atom stereocenters. The van der Waals surface area contributed by atoms with Crippen LogP contribution in [-0.2, 0) is 0 Å². The van der Waals surface area contributed by atoms with Crippen molar-refractivity contribution in [3.8, 4) is 0 Å². The summed E-state index contributed by atoms with van der Waals surface area (Å²) >= 11 is 16.7. The van der Waals surface area contributed by atoms with E-state index in [2.05, 4.69) is 28.4 Å². The molecular formula is C16H23ClN4S2. The van der Waals surface area contributed by atoms with Crippen LogP contribution >= 0.6 is 36.0 Å². The Bertz CT molecular complexity index is 579. The lowest BCUT2D eigenvalue weighted by Gasteiger charge is -2.30. The van der Waals surface area contributed by atoms with Crippen molar-refractivity contribution in [3.63, 3.8) is 0 Å². The van der Waals surface area contributed by atoms with E-state index in [0.717, 1.165) is 17.7 Å². The lowest BCUT2D eigenvalue weighted by molar-refractivity contribution is 0.308. The summed E-state index contributed by atoms with van der Waals surface area (Å²) in [6, 6.07) is 6.09. The van der Waals surface area contributed by atoms with Crippen molar-refractivity contribution in [2.45, 2.75) is 45.6 Å². The highest BCUT2D eigenvalue weighted by molar-refractivity contribution is 7.80. The molecule has 0 amide bonds. The molecule has 7 heteroatoms. The maximum Gasteiger partial charge on any atom is 0.189 e. The van der Waals surface area contributed by atoms with Crippen molar-refractivity contribution >= 4 is 51.9 Å². The molecule has 0 aromatic heterocycles. The summed E-state index contributed by atoms with van der Waals surface area (Å²) in [6.07, 6.45) is 4.98. The Morgan fingerprint density at radius 1 is 1.13 bits per heavy atom. The third-order valence-corrected chi connectivity index (χ3v) is 5.07. The molecule has 126 valence electrons. The fourth-order valence-electron chi connectivity index (χ4n) is 2.75. The van der Waals surface area contributed by atoms with Crippen LogP contribution in [0, 0.1) is 12.8 Å². The van der Waals surface area contributed by atoms with E-state index in [0.29, 0.717) is 27.2 Å². The van der Waals surface area contributed by atoms with E-state index in [-0.39, 0.29) is 0 Å². The Morgan fingerprint density at radius 2 is 1.83 bits per heavy atom. The van der Waals surface area contributed by atoms with Gasteiger partial charge in [-0.1, -0.05) is 37.4 Å². The van der Waals surface area contributed by atoms with Gasteiger partial charge in [0, 0.05) is 16.8 Å². The third kappa shape index (κ3) is 5.48. The van der Waals surface area contributed by atoms with Crippen molar-refractivity contribution in [2.75, 3.05) is 5.32 Å². The van der Waals surface area contributed by atoms with Gasteiger partial charge in [0.1, 0.15) is 0 Å². The number of hydrazine groups is 1. The fraction of sp³-hybridized carbons (Fsp3) is 0.500. The molecule has 0 aliphatic heterocycles. The van der Waals surface area contributed by atoms with Gasteiger partial charge in [-0.15, -0.1) is 0 Å². The summed E-state index contributed by atoms with van der Waals surface area (Å²) in [5.41, 5.74) is 7.67. The summed E-state index contributed by atoms with van der Waals surface area (Å²) in [5.74, 6) is 0.641. The topological polar surface area (TPSA) is 48.1 Å². The van der Waals surface area contributed by atoms with E-state index in [1.807, 2.05) is 25.1 Å². The SMILES string of the molecule is Cc1c(Cl)cccc1NC(=S)NNC(=S)N[C@@H]1CCCC[C@H]1C. The third-order valence-electron chi connectivity index (χ3n) is 4.23. The van der Waals surface area contributed by atoms with Gasteiger partial charge in [-0.3, -0.25) is 10.9 Å². The van der Waals surface area contributed by atoms with Crippen LogP contribution in [0.2, 0.25) is 5.02 Å². The number of benzene rings is 1. The first-order valence-electron chi connectivity index (χ1n) is 7.86. The normalized spacial score (nSPS) is 20.5. The van der Waals surface area contributed by atoms with Crippen LogP contribution in [0.4, 0.5) is 5.69 Å². The van der Waals surface area contributed by atoms with Crippen molar-refractivity contribution in [3.05, 3.63) is 28.8 Å². The molecule has 1 aliphatic rings. The van der Waals surface area contributed by atoms with E-state index in [9.17, 15) is 0 Å². The first-order chi connectivity index (χ1) is 11.0. The summed E-state index contributed by atoms with van der Waals surface area (Å²) in [7, 11) is 0. The molecule has 1 aliphatic carbocycles. The lowest BCUT2D eigenvalue weighted by atomic mass is 9.86. The van der Waals surface area contributed by atoms with Crippen LogP contribution in [-0.4, -0.2) is 16.3 Å². The van der Waals surface area contributed by atoms with Gasteiger partial charge in [-0.25, -0.2) is 0 Å². The second-order valence-corrected chi connectivity index (χ2v) is 7.18. The monoisotopic (exact) mass is 370 g/mol. The maximum atomic E-state index is 6.10. The molecule has 2 rings (SSSR count). The van der Waals surface area contributed by atoms with E-state index >= 15 is 0 Å². The second-order valence-electron chi connectivity index (χ2n) is 5.96. The number of hydrogen-bond donors (Lipinski definition) is 4. The zero-order chi connectivity index (χ0) is 16.8. The Hall–Kier alpha value is -1.11. The van der Waals surface area contributed by atoms with Gasteiger partial charge in [0.2, 0.25) is 0 Å². The van der Waals surface area contributed by atoms with Crippen LogP contribution in [0.3, 0.4) is 0 Å². The first-order valence-corrected chi connectivity index (χ1v) is 9.05. The minimum atomic E-state index is 0.433. The summed E-state index contributed by atoms with van der Waals surface area (Å²) in [6.45, 7) is 4.21. The van der Waals surface area contributed by atoms with Gasteiger partial charge in [0.05, 0.1) is 0 Å². The van der Waals surface area contributed by atoms with Crippen LogP contribution in [0.5, 0.6) is 0 Å². The second kappa shape index (κ2) is 8.66. The van der Waals surface area contributed by atoms with Crippen LogP contribution < -0.4 is 21.5 Å². The van der Waals surface area contributed by atoms with E-state index in [1.165, 1.54) is 19.3 Å². The number of hydrogen-bond acceptors (Lipinski definition) is 2. The number of thiocarbonyl (C=S) groups is 2. The predicted molar refractivity (Wildman–Crippen MR) is 106 cm³/mol. The smallest absolute Gasteiger partial charge is 0.189 e. The number of rotatable bonds is 2. The molecule has 4 nitrogen and oxygen atoms in total. The zero-order valence-electron chi connectivity index (χ0n) is 13.4. The molecule has 1 aromatic carbocycles. The zero-order valence-corrected chi connectivity index (χ0v) is 15.8. The van der Waals surface area contributed by atoms with E-state index in [1.54, 1.807) is 0 Å². The molecule has 0 bridgehead atoms. The Labute approximate surface area is 153 Å². The van der Waals surface area contributed by atoms with Crippen LogP contribution in [0.1, 0.15) is 38.2 Å². The average Bonchev–Trinajstić information content (AvgIpc) is 2.52. The van der Waals surface area contributed by atoms with E-state index in [4.69, 9.17) is 36.0 Å². The molecule has 0 radical (unpaired) electrons. The van der Waals surface area contributed by atoms with Gasteiger partial charge in [-0.2, -0.15) is 0 Å². The minimum Gasteiger partial charge on any atom is -0.358 e. The standard InChI is InChI=1S/C16H23ClN4S2/c1-10-6-3-4-8-13(10)18-15(22)20-21-16(23)19-14-9-5-7-12(17)11(14)2/h5,7,9-10,13H,3-4,6,8H2,1-2H3,(H2,18,20,22)(H2,19,21,23)/t10-,13-/m1/s1. The number of halogens is 1. The molecule has 0 spiro atoms. The van der Waals surface area contributed by atoms with Gasteiger partial charge >= 0.3 is 0 Å². The van der Waals surface area contributed by atoms with Gasteiger partial charge in [0.15, 0.2) is 10.2 Å². The Balaban J connectivity index is 1.77. The van der Waals surface area contributed by atoms with Crippen molar-refractivity contribution in [1.29, 1.82) is 0 Å². The van der Waals surface area contributed by atoms with Crippen molar-refractivity contribution in [1.82, 2.24) is 16.2 Å². The summed E-state index contributed by atoms with van der Waals surface area (Å²) < 4.78 is 0. The first kappa shape index (κ1) is 18.2. The van der Waals surface area contributed by atoms with Gasteiger partial charge in [0.25, 0.3) is 0 Å². The highest BCUT2D eigenvalue weighted by Crippen LogP contribution is 2.24. The van der Waals surface area contributed by atoms with Gasteiger partial charge < -0.3 is 10.6 Å². The molecule has 23 heavy (non-hydrogen) atoms. The highest BCUT2D eigenvalue weighted by Gasteiger charge is 2.21. The lowest BCUT2D eigenvalue weighted by Crippen LogP contribution is -2.52. The Morgan fingerprint density at radius 3 is 2.57 bits per heavy atom. The minimum absolute atomic E-state index is 0.433. The predicted octanol–water partition coefficient (Wildman–Crippen LogP) is 3.89. The molecule has 4 N–H and O–H groups in total. The fourth-order valence-corrected chi connectivity index (χ4v) is 3.28. The van der Waals surface area contributed by atoms with Crippen molar-refractivity contribution in [2.24, 2.45) is 5.92 Å². The van der Waals surface area contributed by atoms with Crippen LogP contribution in [0.25, 0.3) is 0 Å². The molecule has 0 heterocycles. The molecule has 0 saturated heterocycles. The summed E-state index contributed by atoms with van der Waals surface area (Å²) in [4.78, 5) is 0. The molecule has 1 saturated carbocycles. The quantitative estimate of drug-likeness (QED) is 0.468. The maximum absolute atomic E-state index is 6.10. The molecular weight excluding hydrogens is 348 g/mol. The van der Waals surface area contributed by atoms with E-state index < -0.39 is 0 Å². The number of nitrogens with one attached hydrogen (secondary N) is 4. The van der Waals surface area contributed by atoms with Crippen LogP contribution in [0.15, 0.2) is 18.2 Å². The molecule has 1 fully saturated rings. The number of anilines is 1. The largest absolute Gasteiger partial charge is 0.358 e. The average molecular weight is 371 g/mol. The molecule has 1 aromatic rings. The highest BCUT2D eigenvalue weighted by atomic mass is 35.5. The Kier molecular flexibility index (Phi) is 6.87. The van der Waals surface area contributed by atoms with Gasteiger partial charge in [-0.05, 0) is 67.8 Å². The molecule has 2 atom stereocenters. The summed E-state index contributed by atoms with van der Waals surface area (Å²) in [5, 5.41) is 8.17. The van der Waals surface area contributed by atoms with Crippen molar-refractivity contribution < 1.29 is 0 Å².